The smallest absolute Gasteiger partial charge is 0.404 e. The quantitative estimate of drug-likeness (QED) is 0.642. The third kappa shape index (κ3) is 2.89. The maximum absolute atomic E-state index is 12.6. The Morgan fingerprint density at radius 1 is 1.38 bits per heavy atom. The van der Waals surface area contributed by atoms with Gasteiger partial charge in [0.05, 0.1) is 11.9 Å². The summed E-state index contributed by atoms with van der Waals surface area (Å²) in [5.74, 6) is -1.49. The second-order valence-electron chi connectivity index (χ2n) is 2.29. The summed E-state index contributed by atoms with van der Waals surface area (Å²) in [5, 5.41) is 0. The van der Waals surface area contributed by atoms with Gasteiger partial charge in [0, 0.05) is 6.07 Å². The lowest BCUT2D eigenvalue weighted by molar-refractivity contribution is -0.274. The van der Waals surface area contributed by atoms with Gasteiger partial charge in [0.2, 0.25) is 0 Å². The van der Waals surface area contributed by atoms with Crippen LogP contribution in [0.3, 0.4) is 0 Å². The van der Waals surface area contributed by atoms with Crippen molar-refractivity contribution < 1.29 is 22.3 Å². The molecular weight excluding hydrogens is 190 g/mol. The van der Waals surface area contributed by atoms with Gasteiger partial charge in [0.15, 0.2) is 5.75 Å². The Kier molecular flexibility index (Phi) is 2.40. The molecule has 0 aliphatic rings. The number of aryl methyl sites for hydroxylation is 1. The molecule has 0 saturated heterocycles. The number of nitrogens with zero attached hydrogens (tertiary/aromatic N) is 1. The number of hydrogen-bond acceptors (Lipinski definition) is 2. The first kappa shape index (κ1) is 9.76. The molecule has 0 N–H and O–H groups in total. The number of aromatic nitrogens is 1. The largest absolute Gasteiger partial charge is 0.573 e. The van der Waals surface area contributed by atoms with Gasteiger partial charge in [-0.05, 0) is 6.92 Å². The minimum Gasteiger partial charge on any atom is -0.404 e. The molecule has 0 aromatic carbocycles. The van der Waals surface area contributed by atoms with Crippen LogP contribution in [0.5, 0.6) is 5.75 Å². The molecule has 1 heterocycles. The molecule has 0 aliphatic carbocycles. The Balaban J connectivity index is 2.86. The predicted octanol–water partition coefficient (Wildman–Crippen LogP) is 2.43. The van der Waals surface area contributed by atoms with Crippen LogP contribution < -0.4 is 4.74 Å². The van der Waals surface area contributed by atoms with Crippen LogP contribution in [0, 0.1) is 12.7 Å². The van der Waals surface area contributed by atoms with Gasteiger partial charge < -0.3 is 4.74 Å². The first-order chi connectivity index (χ1) is 5.88. The topological polar surface area (TPSA) is 22.1 Å². The van der Waals surface area contributed by atoms with Crippen molar-refractivity contribution in [2.24, 2.45) is 0 Å². The summed E-state index contributed by atoms with van der Waals surface area (Å²) in [5.41, 5.74) is 0.0227. The van der Waals surface area contributed by atoms with E-state index >= 15 is 0 Å². The molecule has 6 heteroatoms. The van der Waals surface area contributed by atoms with E-state index < -0.39 is 17.9 Å². The number of hydrogen-bond donors (Lipinski definition) is 0. The van der Waals surface area contributed by atoms with Crippen LogP contribution in [0.25, 0.3) is 0 Å². The van der Waals surface area contributed by atoms with Crippen LogP contribution in [-0.2, 0) is 0 Å². The summed E-state index contributed by atoms with van der Waals surface area (Å²) in [7, 11) is 0. The fourth-order valence-corrected chi connectivity index (χ4v) is 0.678. The van der Waals surface area contributed by atoms with Gasteiger partial charge in [-0.3, -0.25) is 4.98 Å². The van der Waals surface area contributed by atoms with E-state index in [9.17, 15) is 17.6 Å². The Hall–Kier alpha value is -1.33. The van der Waals surface area contributed by atoms with E-state index in [4.69, 9.17) is 0 Å². The van der Waals surface area contributed by atoms with Crippen molar-refractivity contribution >= 4 is 0 Å². The van der Waals surface area contributed by atoms with Gasteiger partial charge in [0.1, 0.15) is 5.82 Å². The molecule has 0 atom stereocenters. The summed E-state index contributed by atoms with van der Waals surface area (Å²) in [6.07, 6.45) is -4.00. The normalized spacial score (nSPS) is 11.5. The van der Waals surface area contributed by atoms with Gasteiger partial charge in [-0.1, -0.05) is 0 Å². The molecule has 2 nitrogen and oxygen atoms in total. The monoisotopic (exact) mass is 195 g/mol. The Labute approximate surface area is 71.2 Å². The summed E-state index contributed by atoms with van der Waals surface area (Å²) < 4.78 is 50.9. The molecule has 1 rings (SSSR count). The maximum Gasteiger partial charge on any atom is 0.573 e. The number of ether oxygens (including phenoxy) is 1. The second kappa shape index (κ2) is 3.20. The van der Waals surface area contributed by atoms with Gasteiger partial charge in [0.25, 0.3) is 0 Å². The highest BCUT2D eigenvalue weighted by atomic mass is 19.4. The molecule has 0 spiro atoms. The number of halogens is 4. The van der Waals surface area contributed by atoms with Crippen LogP contribution in [0.1, 0.15) is 5.69 Å². The van der Waals surface area contributed by atoms with Gasteiger partial charge in [-0.15, -0.1) is 13.2 Å². The molecule has 0 aliphatic heterocycles. The lowest BCUT2D eigenvalue weighted by Crippen LogP contribution is -2.17. The predicted molar refractivity (Wildman–Crippen MR) is 35.6 cm³/mol. The Morgan fingerprint density at radius 3 is 2.46 bits per heavy atom. The molecule has 13 heavy (non-hydrogen) atoms. The summed E-state index contributed by atoms with van der Waals surface area (Å²) in [6, 6.07) is 0.635. The van der Waals surface area contributed by atoms with Gasteiger partial charge in [-0.25, -0.2) is 4.39 Å². The number of pyridine rings is 1. The highest BCUT2D eigenvalue weighted by molar-refractivity contribution is 5.21. The minimum absolute atomic E-state index is 0.0227. The molecule has 0 radical (unpaired) electrons. The molecule has 1 aromatic heterocycles. The first-order valence-electron chi connectivity index (χ1n) is 3.26. The average molecular weight is 195 g/mol. The summed E-state index contributed by atoms with van der Waals surface area (Å²) in [4.78, 5) is 3.36. The lowest BCUT2D eigenvalue weighted by atomic mass is 10.3. The number of rotatable bonds is 1. The van der Waals surface area contributed by atoms with E-state index in [-0.39, 0.29) is 5.69 Å². The summed E-state index contributed by atoms with van der Waals surface area (Å²) in [6.45, 7) is 1.34. The molecule has 0 bridgehead atoms. The Morgan fingerprint density at radius 2 is 2.00 bits per heavy atom. The van der Waals surface area contributed by atoms with Crippen molar-refractivity contribution in [3.8, 4) is 5.75 Å². The van der Waals surface area contributed by atoms with Crippen LogP contribution in [0.4, 0.5) is 17.6 Å². The fraction of sp³-hybridized carbons (Fsp3) is 0.286. The zero-order chi connectivity index (χ0) is 10.1. The van der Waals surface area contributed by atoms with Crippen molar-refractivity contribution in [3.63, 3.8) is 0 Å². The third-order valence-corrected chi connectivity index (χ3v) is 1.23. The first-order valence-corrected chi connectivity index (χ1v) is 3.26. The molecule has 0 unspecified atom stereocenters. The van der Waals surface area contributed by atoms with Crippen molar-refractivity contribution in [1.29, 1.82) is 0 Å². The fourth-order valence-electron chi connectivity index (χ4n) is 0.678. The van der Waals surface area contributed by atoms with Gasteiger partial charge in [-0.2, -0.15) is 0 Å². The molecule has 0 fully saturated rings. The lowest BCUT2D eigenvalue weighted by Gasteiger charge is -2.08. The molecule has 0 amide bonds. The van der Waals surface area contributed by atoms with Crippen molar-refractivity contribution in [2.75, 3.05) is 0 Å². The third-order valence-electron chi connectivity index (χ3n) is 1.23. The summed E-state index contributed by atoms with van der Waals surface area (Å²) >= 11 is 0. The van der Waals surface area contributed by atoms with E-state index in [1.807, 2.05) is 0 Å². The van der Waals surface area contributed by atoms with Crippen LogP contribution in [0.2, 0.25) is 0 Å². The van der Waals surface area contributed by atoms with Crippen LogP contribution in [0.15, 0.2) is 12.3 Å². The minimum atomic E-state index is -4.82. The van der Waals surface area contributed by atoms with Gasteiger partial charge >= 0.3 is 6.36 Å². The SMILES string of the molecule is Cc1ncc(OC(F)(F)F)cc1F. The zero-order valence-electron chi connectivity index (χ0n) is 6.52. The number of alkyl halides is 3. The van der Waals surface area contributed by atoms with Crippen LogP contribution in [-0.4, -0.2) is 11.3 Å². The van der Waals surface area contributed by atoms with E-state index in [0.29, 0.717) is 6.07 Å². The zero-order valence-corrected chi connectivity index (χ0v) is 6.52. The van der Waals surface area contributed by atoms with E-state index in [1.54, 1.807) is 0 Å². The van der Waals surface area contributed by atoms with E-state index in [2.05, 4.69) is 9.72 Å². The van der Waals surface area contributed by atoms with Crippen molar-refractivity contribution in [1.82, 2.24) is 4.98 Å². The van der Waals surface area contributed by atoms with E-state index in [1.165, 1.54) is 6.92 Å². The van der Waals surface area contributed by atoms with Crippen molar-refractivity contribution in [2.45, 2.75) is 13.3 Å². The molecule has 1 aromatic rings. The van der Waals surface area contributed by atoms with E-state index in [0.717, 1.165) is 6.20 Å². The maximum atomic E-state index is 12.6. The van der Waals surface area contributed by atoms with Crippen molar-refractivity contribution in [3.05, 3.63) is 23.8 Å². The molecular formula is C7H5F4NO. The van der Waals surface area contributed by atoms with Crippen LogP contribution >= 0.6 is 0 Å². The Bertz CT molecular complexity index is 310. The molecule has 72 valence electrons. The average Bonchev–Trinajstić information content (AvgIpc) is 1.94. The second-order valence-corrected chi connectivity index (χ2v) is 2.29. The molecule has 0 saturated carbocycles. The highest BCUT2D eigenvalue weighted by Crippen LogP contribution is 2.22. The standard InChI is InChI=1S/C7H5F4NO/c1-4-6(8)2-5(3-12-4)13-7(9,10)11/h2-3H,1H3. The highest BCUT2D eigenvalue weighted by Gasteiger charge is 2.31.